The van der Waals surface area contributed by atoms with Gasteiger partial charge in [0, 0.05) is 39.1 Å². The predicted molar refractivity (Wildman–Crippen MR) is 107 cm³/mol. The first-order valence-electron chi connectivity index (χ1n) is 9.88. The van der Waals surface area contributed by atoms with Crippen molar-refractivity contribution in [2.75, 3.05) is 45.9 Å². The predicted octanol–water partition coefficient (Wildman–Crippen LogP) is 2.55. The Morgan fingerprint density at radius 3 is 2.50 bits per heavy atom. The van der Waals surface area contributed by atoms with Gasteiger partial charge in [-0.1, -0.05) is 32.9 Å². The Hall–Kier alpha value is -1.59. The van der Waals surface area contributed by atoms with Crippen molar-refractivity contribution in [3.63, 3.8) is 0 Å². The van der Waals surface area contributed by atoms with Crippen molar-refractivity contribution in [3.8, 4) is 5.75 Å². The van der Waals surface area contributed by atoms with Crippen molar-refractivity contribution >= 4 is 5.91 Å². The molecule has 1 amide bonds. The largest absolute Gasteiger partial charge is 0.494 e. The molecule has 0 atom stereocenters. The summed E-state index contributed by atoms with van der Waals surface area (Å²) in [5.41, 5.74) is 1.45. The van der Waals surface area contributed by atoms with Crippen LogP contribution in [0.15, 0.2) is 24.3 Å². The molecular formula is C21H35N3O2. The van der Waals surface area contributed by atoms with Crippen LogP contribution in [-0.2, 0) is 10.2 Å². The first-order valence-corrected chi connectivity index (χ1v) is 9.88. The van der Waals surface area contributed by atoms with Crippen molar-refractivity contribution in [1.82, 2.24) is 15.5 Å². The lowest BCUT2D eigenvalue weighted by atomic mass is 9.87. The van der Waals surface area contributed by atoms with Crippen LogP contribution in [0.25, 0.3) is 0 Å². The molecule has 0 aliphatic carbocycles. The number of amides is 1. The molecule has 0 aromatic heterocycles. The van der Waals surface area contributed by atoms with Crippen LogP contribution in [-0.4, -0.2) is 56.7 Å². The number of carbonyl (C=O) groups excluding carboxylic acids is 1. The third kappa shape index (κ3) is 7.75. The lowest BCUT2D eigenvalue weighted by Gasteiger charge is -2.27. The van der Waals surface area contributed by atoms with Crippen molar-refractivity contribution in [2.24, 2.45) is 0 Å². The minimum absolute atomic E-state index is 0.122. The second-order valence-corrected chi connectivity index (χ2v) is 8.02. The average molecular weight is 362 g/mol. The van der Waals surface area contributed by atoms with Crippen molar-refractivity contribution in [3.05, 3.63) is 29.8 Å². The molecule has 1 aliphatic heterocycles. The van der Waals surface area contributed by atoms with Gasteiger partial charge in [0.1, 0.15) is 5.75 Å². The van der Waals surface area contributed by atoms with E-state index in [0.717, 1.165) is 57.9 Å². The van der Waals surface area contributed by atoms with E-state index in [-0.39, 0.29) is 11.3 Å². The maximum atomic E-state index is 11.9. The van der Waals surface area contributed by atoms with Gasteiger partial charge in [-0.2, -0.15) is 0 Å². The van der Waals surface area contributed by atoms with Gasteiger partial charge in [-0.15, -0.1) is 0 Å². The summed E-state index contributed by atoms with van der Waals surface area (Å²) in [7, 11) is 0. The molecule has 1 aromatic carbocycles. The molecule has 5 heteroatoms. The molecule has 0 radical (unpaired) electrons. The molecule has 2 rings (SSSR count). The zero-order valence-corrected chi connectivity index (χ0v) is 16.6. The highest BCUT2D eigenvalue weighted by Crippen LogP contribution is 2.24. The molecule has 1 aromatic rings. The highest BCUT2D eigenvalue weighted by molar-refractivity contribution is 5.75. The zero-order chi connectivity index (χ0) is 18.8. The van der Waals surface area contributed by atoms with Gasteiger partial charge in [0.25, 0.3) is 0 Å². The fraction of sp³-hybridized carbons (Fsp3) is 0.667. The Balaban J connectivity index is 1.51. The molecule has 0 spiro atoms. The smallest absolute Gasteiger partial charge is 0.220 e. The van der Waals surface area contributed by atoms with Crippen LogP contribution >= 0.6 is 0 Å². The number of rotatable bonds is 9. The van der Waals surface area contributed by atoms with Gasteiger partial charge in [-0.05, 0) is 42.5 Å². The summed E-state index contributed by atoms with van der Waals surface area (Å²) in [6, 6.07) is 8.24. The van der Waals surface area contributed by atoms with Gasteiger partial charge in [-0.3, -0.25) is 4.79 Å². The van der Waals surface area contributed by atoms with Crippen LogP contribution in [0.3, 0.4) is 0 Å². The number of hydrogen-bond acceptors (Lipinski definition) is 4. The van der Waals surface area contributed by atoms with Crippen molar-refractivity contribution in [1.29, 1.82) is 0 Å². The van der Waals surface area contributed by atoms with E-state index in [1.54, 1.807) is 0 Å². The number of benzene rings is 1. The van der Waals surface area contributed by atoms with E-state index >= 15 is 0 Å². The normalized spacial score (nSPS) is 15.7. The molecule has 26 heavy (non-hydrogen) atoms. The molecule has 1 fully saturated rings. The molecule has 0 unspecified atom stereocenters. The highest BCUT2D eigenvalue weighted by Gasteiger charge is 2.13. The summed E-state index contributed by atoms with van der Waals surface area (Å²) in [6.45, 7) is 13.4. The second kappa shape index (κ2) is 10.5. The maximum Gasteiger partial charge on any atom is 0.220 e. The Kier molecular flexibility index (Phi) is 8.39. The zero-order valence-electron chi connectivity index (χ0n) is 16.6. The van der Waals surface area contributed by atoms with E-state index in [4.69, 9.17) is 4.74 Å². The molecular weight excluding hydrogens is 326 g/mol. The second-order valence-electron chi connectivity index (χ2n) is 8.02. The summed E-state index contributed by atoms with van der Waals surface area (Å²) in [4.78, 5) is 14.3. The van der Waals surface area contributed by atoms with Crippen LogP contribution < -0.4 is 15.4 Å². The van der Waals surface area contributed by atoms with E-state index in [1.165, 1.54) is 5.56 Å². The standard InChI is InChI=1S/C21H35N3O2/c1-21(2,3)18-7-9-19(10-8-18)26-17-4-6-20(25)23-11-5-14-24-15-12-22-13-16-24/h7-10,22H,4-6,11-17H2,1-3H3,(H,23,25). The summed E-state index contributed by atoms with van der Waals surface area (Å²) in [6.07, 6.45) is 2.28. The Bertz CT molecular complexity index is 531. The first kappa shape index (κ1) is 20.7. The van der Waals surface area contributed by atoms with Gasteiger partial charge in [0.15, 0.2) is 0 Å². The minimum atomic E-state index is 0.122. The lowest BCUT2D eigenvalue weighted by molar-refractivity contribution is -0.121. The van der Waals surface area contributed by atoms with Gasteiger partial charge in [-0.25, -0.2) is 0 Å². The van der Waals surface area contributed by atoms with Gasteiger partial charge in [0.2, 0.25) is 5.91 Å². The molecule has 1 aliphatic rings. The number of nitrogens with one attached hydrogen (secondary N) is 2. The van der Waals surface area contributed by atoms with E-state index < -0.39 is 0 Å². The number of carbonyl (C=O) groups is 1. The molecule has 146 valence electrons. The maximum absolute atomic E-state index is 11.9. The number of nitrogens with zero attached hydrogens (tertiary/aromatic N) is 1. The van der Waals surface area contributed by atoms with Crippen LogP contribution in [0.2, 0.25) is 0 Å². The van der Waals surface area contributed by atoms with E-state index in [1.807, 2.05) is 12.1 Å². The summed E-state index contributed by atoms with van der Waals surface area (Å²) < 4.78 is 5.74. The van der Waals surface area contributed by atoms with Crippen LogP contribution in [0.4, 0.5) is 0 Å². The third-order valence-electron chi connectivity index (χ3n) is 4.72. The van der Waals surface area contributed by atoms with E-state index in [0.29, 0.717) is 13.0 Å². The first-order chi connectivity index (χ1) is 12.4. The SMILES string of the molecule is CC(C)(C)c1ccc(OCCCC(=O)NCCCN2CCNCC2)cc1. The van der Waals surface area contributed by atoms with Gasteiger partial charge >= 0.3 is 0 Å². The molecule has 2 N–H and O–H groups in total. The molecule has 0 bridgehead atoms. The average Bonchev–Trinajstić information content (AvgIpc) is 2.63. The lowest BCUT2D eigenvalue weighted by Crippen LogP contribution is -2.44. The van der Waals surface area contributed by atoms with Crippen molar-refractivity contribution < 1.29 is 9.53 Å². The molecule has 1 heterocycles. The third-order valence-corrected chi connectivity index (χ3v) is 4.72. The van der Waals surface area contributed by atoms with Crippen LogP contribution in [0.5, 0.6) is 5.75 Å². The van der Waals surface area contributed by atoms with E-state index in [9.17, 15) is 4.79 Å². The van der Waals surface area contributed by atoms with E-state index in [2.05, 4.69) is 48.4 Å². The summed E-state index contributed by atoms with van der Waals surface area (Å²) in [5.74, 6) is 0.992. The minimum Gasteiger partial charge on any atom is -0.494 e. The van der Waals surface area contributed by atoms with Gasteiger partial charge < -0.3 is 20.3 Å². The Morgan fingerprint density at radius 1 is 1.15 bits per heavy atom. The molecule has 0 saturated carbocycles. The summed E-state index contributed by atoms with van der Waals surface area (Å²) >= 11 is 0. The Labute approximate surface area is 158 Å². The monoisotopic (exact) mass is 361 g/mol. The molecule has 5 nitrogen and oxygen atoms in total. The van der Waals surface area contributed by atoms with Crippen molar-refractivity contribution in [2.45, 2.75) is 45.4 Å². The van der Waals surface area contributed by atoms with Crippen LogP contribution in [0.1, 0.15) is 45.6 Å². The fourth-order valence-corrected chi connectivity index (χ4v) is 3.03. The number of ether oxygens (including phenoxy) is 1. The van der Waals surface area contributed by atoms with Gasteiger partial charge in [0.05, 0.1) is 6.61 Å². The topological polar surface area (TPSA) is 53.6 Å². The Morgan fingerprint density at radius 2 is 1.85 bits per heavy atom. The highest BCUT2D eigenvalue weighted by atomic mass is 16.5. The summed E-state index contributed by atoms with van der Waals surface area (Å²) in [5, 5.41) is 6.36. The quantitative estimate of drug-likeness (QED) is 0.664. The number of hydrogen-bond donors (Lipinski definition) is 2. The van der Waals surface area contributed by atoms with Crippen LogP contribution in [0, 0.1) is 0 Å². The fourth-order valence-electron chi connectivity index (χ4n) is 3.03. The number of piperazine rings is 1. The molecule has 1 saturated heterocycles.